The van der Waals surface area contributed by atoms with Gasteiger partial charge in [-0.25, -0.2) is 12.8 Å². The molecular formula is C17H17FN4O5S. The van der Waals surface area contributed by atoms with Crippen LogP contribution in [0.3, 0.4) is 0 Å². The van der Waals surface area contributed by atoms with Gasteiger partial charge in [0.2, 0.25) is 5.91 Å². The molecule has 0 bridgehead atoms. The van der Waals surface area contributed by atoms with Gasteiger partial charge in [0.25, 0.3) is 0 Å². The SMILES string of the molecule is Cc1nn(CC(=O)N(c2ccc(F)cc2)[C@H]2C=CS(=O)(=O)C2)c(C)c1[N+](=O)[O-]. The lowest BCUT2D eigenvalue weighted by Gasteiger charge is -2.27. The number of aryl methyl sites for hydroxylation is 1. The molecule has 1 aromatic heterocycles. The maximum atomic E-state index is 13.3. The van der Waals surface area contributed by atoms with E-state index in [1.54, 1.807) is 0 Å². The highest BCUT2D eigenvalue weighted by Crippen LogP contribution is 2.25. The van der Waals surface area contributed by atoms with E-state index in [2.05, 4.69) is 5.10 Å². The minimum Gasteiger partial charge on any atom is -0.303 e. The third kappa shape index (κ3) is 3.79. The Morgan fingerprint density at radius 2 is 2.00 bits per heavy atom. The van der Waals surface area contributed by atoms with Gasteiger partial charge in [0.15, 0.2) is 9.84 Å². The monoisotopic (exact) mass is 408 g/mol. The fourth-order valence-electron chi connectivity index (χ4n) is 3.15. The van der Waals surface area contributed by atoms with Gasteiger partial charge in [0.05, 0.1) is 16.7 Å². The lowest BCUT2D eigenvalue weighted by molar-refractivity contribution is -0.386. The number of aromatic nitrogens is 2. The van der Waals surface area contributed by atoms with Gasteiger partial charge in [0.1, 0.15) is 23.7 Å². The Hall–Kier alpha value is -3.08. The van der Waals surface area contributed by atoms with Crippen molar-refractivity contribution in [3.63, 3.8) is 0 Å². The summed E-state index contributed by atoms with van der Waals surface area (Å²) in [7, 11) is -3.45. The standard InChI is InChI=1S/C17H17FN4O5S/c1-11-17(22(24)25)12(2)20(19-11)9-16(23)21(14-5-3-13(18)4-6-14)15-7-8-28(26,27)10-15/h3-8,15H,9-10H2,1-2H3/t15-/m0/s1. The van der Waals surface area contributed by atoms with Gasteiger partial charge in [-0.15, -0.1) is 0 Å². The maximum Gasteiger partial charge on any atom is 0.312 e. The summed E-state index contributed by atoms with van der Waals surface area (Å²) in [4.78, 5) is 24.8. The van der Waals surface area contributed by atoms with Crippen molar-refractivity contribution in [3.05, 3.63) is 63.1 Å². The summed E-state index contributed by atoms with van der Waals surface area (Å²) in [5.74, 6) is -1.33. The van der Waals surface area contributed by atoms with Crippen LogP contribution < -0.4 is 4.90 Å². The van der Waals surface area contributed by atoms with Crippen LogP contribution in [0.5, 0.6) is 0 Å². The molecule has 0 aliphatic carbocycles. The van der Waals surface area contributed by atoms with Gasteiger partial charge in [-0.05, 0) is 44.2 Å². The van der Waals surface area contributed by atoms with Gasteiger partial charge in [-0.1, -0.05) is 0 Å². The molecule has 1 aliphatic rings. The second-order valence-electron chi connectivity index (χ2n) is 6.40. The van der Waals surface area contributed by atoms with Crippen LogP contribution in [0.25, 0.3) is 0 Å². The van der Waals surface area contributed by atoms with E-state index in [0.29, 0.717) is 5.69 Å². The quantitative estimate of drug-likeness (QED) is 0.551. The number of sulfone groups is 1. The van der Waals surface area contributed by atoms with Crippen LogP contribution >= 0.6 is 0 Å². The molecule has 9 nitrogen and oxygen atoms in total. The predicted octanol–water partition coefficient (Wildman–Crippen LogP) is 1.89. The highest BCUT2D eigenvalue weighted by atomic mass is 32.2. The highest BCUT2D eigenvalue weighted by molar-refractivity contribution is 7.94. The Labute approximate surface area is 160 Å². The molecular weight excluding hydrogens is 391 g/mol. The van der Waals surface area contributed by atoms with Crippen LogP contribution in [-0.4, -0.2) is 40.8 Å². The number of hydrogen-bond donors (Lipinski definition) is 0. The van der Waals surface area contributed by atoms with Crippen molar-refractivity contribution in [3.8, 4) is 0 Å². The van der Waals surface area contributed by atoms with Crippen molar-refractivity contribution in [1.82, 2.24) is 9.78 Å². The van der Waals surface area contributed by atoms with Crippen molar-refractivity contribution >= 4 is 27.1 Å². The van der Waals surface area contributed by atoms with Crippen molar-refractivity contribution in [2.24, 2.45) is 0 Å². The number of nitrogens with zero attached hydrogens (tertiary/aromatic N) is 4. The summed E-state index contributed by atoms with van der Waals surface area (Å²) in [5.41, 5.74) is 0.523. The second kappa shape index (κ2) is 7.15. The third-order valence-electron chi connectivity index (χ3n) is 4.43. The minimum atomic E-state index is -3.45. The molecule has 0 unspecified atom stereocenters. The molecule has 28 heavy (non-hydrogen) atoms. The normalized spacial score (nSPS) is 17.6. The van der Waals surface area contributed by atoms with E-state index < -0.39 is 32.5 Å². The molecule has 1 amide bonds. The lowest BCUT2D eigenvalue weighted by Crippen LogP contribution is -2.43. The zero-order valence-electron chi connectivity index (χ0n) is 15.1. The van der Waals surface area contributed by atoms with Crippen molar-refractivity contribution < 1.29 is 22.5 Å². The summed E-state index contributed by atoms with van der Waals surface area (Å²) in [6.07, 6.45) is 1.39. The highest BCUT2D eigenvalue weighted by Gasteiger charge is 2.32. The molecule has 1 aliphatic heterocycles. The van der Waals surface area contributed by atoms with E-state index in [1.165, 1.54) is 41.6 Å². The number of rotatable bonds is 5. The van der Waals surface area contributed by atoms with E-state index in [9.17, 15) is 27.7 Å². The molecule has 0 saturated carbocycles. The Kier molecular flexibility index (Phi) is 5.02. The second-order valence-corrected chi connectivity index (χ2v) is 8.33. The number of halogens is 1. The van der Waals surface area contributed by atoms with Crippen molar-refractivity contribution in [2.75, 3.05) is 10.7 Å². The molecule has 0 saturated heterocycles. The van der Waals surface area contributed by atoms with Gasteiger partial charge >= 0.3 is 5.69 Å². The van der Waals surface area contributed by atoms with Crippen LogP contribution in [0.15, 0.2) is 35.7 Å². The van der Waals surface area contributed by atoms with Crippen LogP contribution in [0, 0.1) is 29.8 Å². The van der Waals surface area contributed by atoms with E-state index in [4.69, 9.17) is 0 Å². The summed E-state index contributed by atoms with van der Waals surface area (Å²) in [6.45, 7) is 2.62. The molecule has 3 rings (SSSR count). The van der Waals surface area contributed by atoms with E-state index in [0.717, 1.165) is 17.5 Å². The van der Waals surface area contributed by atoms with E-state index in [1.807, 2.05) is 0 Å². The Bertz CT molecular complexity index is 1080. The average Bonchev–Trinajstić information content (AvgIpc) is 3.08. The number of carbonyl (C=O) groups is 1. The first-order valence-corrected chi connectivity index (χ1v) is 9.97. The third-order valence-corrected chi connectivity index (χ3v) is 5.81. The topological polar surface area (TPSA) is 115 Å². The molecule has 0 spiro atoms. The van der Waals surface area contributed by atoms with Crippen molar-refractivity contribution in [1.29, 1.82) is 0 Å². The summed E-state index contributed by atoms with van der Waals surface area (Å²) in [6, 6.07) is 4.30. The van der Waals surface area contributed by atoms with Crippen molar-refractivity contribution in [2.45, 2.75) is 26.4 Å². The first-order valence-electron chi connectivity index (χ1n) is 8.26. The summed E-state index contributed by atoms with van der Waals surface area (Å²) >= 11 is 0. The smallest absolute Gasteiger partial charge is 0.303 e. The largest absolute Gasteiger partial charge is 0.312 e. The molecule has 2 heterocycles. The summed E-state index contributed by atoms with van der Waals surface area (Å²) < 4.78 is 38.1. The molecule has 11 heteroatoms. The molecule has 148 valence electrons. The predicted molar refractivity (Wildman–Crippen MR) is 99.0 cm³/mol. The number of amides is 1. The number of nitro groups is 1. The lowest BCUT2D eigenvalue weighted by atomic mass is 10.2. The Balaban J connectivity index is 1.96. The molecule has 1 aromatic carbocycles. The first-order chi connectivity index (χ1) is 13.1. The number of anilines is 1. The van der Waals surface area contributed by atoms with Crippen LogP contribution in [-0.2, 0) is 21.2 Å². The van der Waals surface area contributed by atoms with Crippen LogP contribution in [0.1, 0.15) is 11.4 Å². The van der Waals surface area contributed by atoms with Gasteiger partial charge in [-0.3, -0.25) is 19.6 Å². The molecule has 0 N–H and O–H groups in total. The van der Waals surface area contributed by atoms with Crippen LogP contribution in [0.4, 0.5) is 15.8 Å². The van der Waals surface area contributed by atoms with Crippen LogP contribution in [0.2, 0.25) is 0 Å². The van der Waals surface area contributed by atoms with Gasteiger partial charge < -0.3 is 4.90 Å². The molecule has 2 aromatic rings. The number of hydrogen-bond acceptors (Lipinski definition) is 6. The molecule has 0 radical (unpaired) electrons. The zero-order valence-corrected chi connectivity index (χ0v) is 15.9. The Morgan fingerprint density at radius 1 is 1.36 bits per heavy atom. The van der Waals surface area contributed by atoms with E-state index >= 15 is 0 Å². The van der Waals surface area contributed by atoms with Gasteiger partial charge in [0, 0.05) is 11.1 Å². The average molecular weight is 408 g/mol. The first kappa shape index (κ1) is 19.7. The number of carbonyl (C=O) groups excluding carboxylic acids is 1. The Morgan fingerprint density at radius 3 is 2.50 bits per heavy atom. The minimum absolute atomic E-state index is 0.173. The molecule has 1 atom stereocenters. The summed E-state index contributed by atoms with van der Waals surface area (Å²) in [5, 5.41) is 16.2. The zero-order chi connectivity index (χ0) is 20.6. The maximum absolute atomic E-state index is 13.3. The number of benzene rings is 1. The fraction of sp³-hybridized carbons (Fsp3) is 0.294. The van der Waals surface area contributed by atoms with E-state index in [-0.39, 0.29) is 29.4 Å². The van der Waals surface area contributed by atoms with Gasteiger partial charge in [-0.2, -0.15) is 5.10 Å². The fourth-order valence-corrected chi connectivity index (χ4v) is 4.42. The molecule has 0 fully saturated rings.